The molecule has 0 bridgehead atoms. The number of carbonyl (C=O) groups excluding carboxylic acids is 1. The number of esters is 1. The highest BCUT2D eigenvalue weighted by molar-refractivity contribution is 7.86. The van der Waals surface area contributed by atoms with Gasteiger partial charge < -0.3 is 14.2 Å². The van der Waals surface area contributed by atoms with E-state index in [1.165, 1.54) is 6.07 Å². The van der Waals surface area contributed by atoms with Crippen LogP contribution in [0.15, 0.2) is 54.6 Å². The van der Waals surface area contributed by atoms with Crippen molar-refractivity contribution in [3.05, 3.63) is 65.7 Å². The lowest BCUT2D eigenvalue weighted by molar-refractivity contribution is -0.149. The summed E-state index contributed by atoms with van der Waals surface area (Å²) < 4.78 is 33.0. The zero-order valence-corrected chi connectivity index (χ0v) is 16.5. The number of carbonyl (C=O) groups is 1. The summed E-state index contributed by atoms with van der Waals surface area (Å²) in [6.45, 7) is 4.53. The highest BCUT2D eigenvalue weighted by Crippen LogP contribution is 2.23. The predicted octanol–water partition coefficient (Wildman–Crippen LogP) is 2.85. The molecule has 1 atom stereocenters. The predicted molar refractivity (Wildman–Crippen MR) is 104 cm³/mol. The maximum absolute atomic E-state index is 12.6. The van der Waals surface area contributed by atoms with Gasteiger partial charge in [0, 0.05) is 13.1 Å². The minimum Gasteiger partial charge on any atom is -0.462 e. The van der Waals surface area contributed by atoms with E-state index >= 15 is 0 Å². The average Bonchev–Trinajstić information content (AvgIpc) is 2.57. The molecule has 2 aromatic carbocycles. The second-order valence-electron chi connectivity index (χ2n) is 6.51. The van der Waals surface area contributed by atoms with E-state index in [9.17, 15) is 13.2 Å². The first-order valence-electron chi connectivity index (χ1n) is 8.69. The molecule has 0 radical (unpaired) electrons. The molecule has 1 unspecified atom stereocenters. The summed E-state index contributed by atoms with van der Waals surface area (Å²) in [6.07, 6.45) is 0.732. The maximum Gasteiger partial charge on any atom is 0.314 e. The minimum absolute atomic E-state index is 0.167. The fourth-order valence-electron chi connectivity index (χ4n) is 2.57. The average molecular weight is 391 g/mol. The smallest absolute Gasteiger partial charge is 0.314 e. The Bertz CT molecular complexity index is 850. The lowest BCUT2D eigenvalue weighted by atomic mass is 9.98. The molecule has 0 heterocycles. The van der Waals surface area contributed by atoms with Gasteiger partial charge >= 0.3 is 16.1 Å². The summed E-state index contributed by atoms with van der Waals surface area (Å²) in [7, 11) is -3.64. The van der Waals surface area contributed by atoms with E-state index in [2.05, 4.69) is 5.32 Å². The summed E-state index contributed by atoms with van der Waals surface area (Å²) >= 11 is 0. The summed E-state index contributed by atoms with van der Waals surface area (Å²) in [6, 6.07) is 16.3. The van der Waals surface area contributed by atoms with Crippen molar-refractivity contribution in [1.82, 2.24) is 5.32 Å². The van der Waals surface area contributed by atoms with Gasteiger partial charge in [-0.05, 0) is 37.1 Å². The summed E-state index contributed by atoms with van der Waals surface area (Å²) in [5.74, 6) is -0.790. The lowest BCUT2D eigenvalue weighted by Crippen LogP contribution is -2.29. The third-order valence-electron chi connectivity index (χ3n) is 3.66. The van der Waals surface area contributed by atoms with Gasteiger partial charge in [-0.25, -0.2) is 0 Å². The molecule has 7 heteroatoms. The Labute approximate surface area is 160 Å². The number of nitrogens with one attached hydrogen (secondary N) is 1. The van der Waals surface area contributed by atoms with Crippen molar-refractivity contribution in [2.75, 3.05) is 12.8 Å². The molecule has 0 aliphatic carbocycles. The molecular formula is C20H25NO5S. The van der Waals surface area contributed by atoms with Gasteiger partial charge in [-0.15, -0.1) is 0 Å². The molecule has 0 spiro atoms. The van der Waals surface area contributed by atoms with E-state index in [1.807, 2.05) is 30.3 Å². The Balaban J connectivity index is 2.16. The molecule has 27 heavy (non-hydrogen) atoms. The summed E-state index contributed by atoms with van der Waals surface area (Å²) in [5.41, 5.74) is 1.73. The normalized spacial score (nSPS) is 12.6. The summed E-state index contributed by atoms with van der Waals surface area (Å²) in [4.78, 5) is 12.6. The SMILES string of the molecule is CC(C)OC(=O)C(CNCc1ccccc1)c1cccc(OS(C)(=O)=O)c1. The van der Waals surface area contributed by atoms with E-state index < -0.39 is 16.0 Å². The van der Waals surface area contributed by atoms with Crippen LogP contribution in [0.4, 0.5) is 0 Å². The third-order valence-corrected chi connectivity index (χ3v) is 4.16. The first-order chi connectivity index (χ1) is 12.7. The molecule has 0 amide bonds. The Hall–Kier alpha value is -2.38. The molecule has 0 saturated carbocycles. The maximum atomic E-state index is 12.6. The number of hydrogen-bond donors (Lipinski definition) is 1. The Morgan fingerprint density at radius 1 is 1.07 bits per heavy atom. The van der Waals surface area contributed by atoms with Crippen molar-refractivity contribution in [1.29, 1.82) is 0 Å². The lowest BCUT2D eigenvalue weighted by Gasteiger charge is -2.19. The van der Waals surface area contributed by atoms with Crippen molar-refractivity contribution in [3.8, 4) is 5.75 Å². The Morgan fingerprint density at radius 2 is 1.78 bits per heavy atom. The van der Waals surface area contributed by atoms with Crippen LogP contribution in [0.3, 0.4) is 0 Å². The number of benzene rings is 2. The van der Waals surface area contributed by atoms with E-state index in [-0.39, 0.29) is 17.8 Å². The van der Waals surface area contributed by atoms with Crippen molar-refractivity contribution in [2.45, 2.75) is 32.4 Å². The number of rotatable bonds is 9. The number of hydrogen-bond acceptors (Lipinski definition) is 6. The second-order valence-corrected chi connectivity index (χ2v) is 8.09. The van der Waals surface area contributed by atoms with Crippen LogP contribution in [-0.4, -0.2) is 33.3 Å². The first kappa shape index (κ1) is 20.9. The second kappa shape index (κ2) is 9.53. The van der Waals surface area contributed by atoms with Gasteiger partial charge in [0.25, 0.3) is 0 Å². The van der Waals surface area contributed by atoms with Gasteiger partial charge in [0.2, 0.25) is 0 Å². The quantitative estimate of drug-likeness (QED) is 0.523. The van der Waals surface area contributed by atoms with Crippen LogP contribution in [0.25, 0.3) is 0 Å². The van der Waals surface area contributed by atoms with E-state index in [0.29, 0.717) is 18.7 Å². The van der Waals surface area contributed by atoms with Crippen molar-refractivity contribution in [3.63, 3.8) is 0 Å². The van der Waals surface area contributed by atoms with Crippen LogP contribution >= 0.6 is 0 Å². The van der Waals surface area contributed by atoms with Crippen LogP contribution in [0.1, 0.15) is 30.9 Å². The molecular weight excluding hydrogens is 366 g/mol. The van der Waals surface area contributed by atoms with Crippen molar-refractivity contribution < 1.29 is 22.1 Å². The van der Waals surface area contributed by atoms with E-state index in [4.69, 9.17) is 8.92 Å². The fourth-order valence-corrected chi connectivity index (χ4v) is 3.02. The first-order valence-corrected chi connectivity index (χ1v) is 10.5. The molecule has 146 valence electrons. The molecule has 1 N–H and O–H groups in total. The molecule has 0 fully saturated rings. The van der Waals surface area contributed by atoms with Gasteiger partial charge in [-0.2, -0.15) is 8.42 Å². The monoisotopic (exact) mass is 391 g/mol. The molecule has 2 rings (SSSR count). The largest absolute Gasteiger partial charge is 0.462 e. The van der Waals surface area contributed by atoms with Gasteiger partial charge in [-0.1, -0.05) is 42.5 Å². The Kier molecular flexibility index (Phi) is 7.38. The van der Waals surface area contributed by atoms with Crippen molar-refractivity contribution in [2.24, 2.45) is 0 Å². The van der Waals surface area contributed by atoms with Gasteiger partial charge in [0.1, 0.15) is 5.75 Å². The highest BCUT2D eigenvalue weighted by atomic mass is 32.2. The molecule has 0 aliphatic rings. The highest BCUT2D eigenvalue weighted by Gasteiger charge is 2.23. The Morgan fingerprint density at radius 3 is 2.41 bits per heavy atom. The molecule has 0 saturated heterocycles. The standard InChI is InChI=1S/C20H25NO5S/c1-15(2)25-20(22)19(14-21-13-16-8-5-4-6-9-16)17-10-7-11-18(12-17)26-27(3,23)24/h4-12,15,19,21H,13-14H2,1-3H3. The van der Waals surface area contributed by atoms with Crippen LogP contribution in [0, 0.1) is 0 Å². The molecule has 6 nitrogen and oxygen atoms in total. The summed E-state index contributed by atoms with van der Waals surface area (Å²) in [5, 5.41) is 3.26. The zero-order valence-electron chi connectivity index (χ0n) is 15.7. The van der Waals surface area contributed by atoms with Gasteiger partial charge in [-0.3, -0.25) is 4.79 Å². The molecule has 2 aromatic rings. The van der Waals surface area contributed by atoms with Crippen LogP contribution in [0.2, 0.25) is 0 Å². The fraction of sp³-hybridized carbons (Fsp3) is 0.350. The van der Waals surface area contributed by atoms with E-state index in [1.54, 1.807) is 32.0 Å². The van der Waals surface area contributed by atoms with Crippen LogP contribution in [0.5, 0.6) is 5.75 Å². The molecule has 0 aliphatic heterocycles. The van der Waals surface area contributed by atoms with Crippen LogP contribution < -0.4 is 9.50 Å². The zero-order chi connectivity index (χ0) is 19.9. The third kappa shape index (κ3) is 7.40. The topological polar surface area (TPSA) is 81.7 Å². The number of ether oxygens (including phenoxy) is 1. The molecule has 0 aromatic heterocycles. The van der Waals surface area contributed by atoms with Crippen LogP contribution in [-0.2, 0) is 26.2 Å². The van der Waals surface area contributed by atoms with Gasteiger partial charge in [0.15, 0.2) is 0 Å². The van der Waals surface area contributed by atoms with Gasteiger partial charge in [0.05, 0.1) is 18.3 Å². The minimum atomic E-state index is -3.64. The van der Waals surface area contributed by atoms with E-state index in [0.717, 1.165) is 11.8 Å². The van der Waals surface area contributed by atoms with Crippen molar-refractivity contribution >= 4 is 16.1 Å².